The summed E-state index contributed by atoms with van der Waals surface area (Å²) in [5, 5.41) is 9.40. The van der Waals surface area contributed by atoms with E-state index in [-0.39, 0.29) is 5.75 Å². The number of benzene rings is 2. The van der Waals surface area contributed by atoms with E-state index in [1.165, 1.54) is 6.07 Å². The predicted octanol–water partition coefficient (Wildman–Crippen LogP) is 4.07. The maximum atomic E-state index is 13.8. The minimum Gasteiger partial charge on any atom is -0.486 e. The second-order valence-electron chi connectivity index (χ2n) is 5.15. The summed E-state index contributed by atoms with van der Waals surface area (Å²) < 4.78 is 19.3. The van der Waals surface area contributed by atoms with Crippen molar-refractivity contribution < 1.29 is 14.2 Å². The highest BCUT2D eigenvalue weighted by Gasteiger charge is 2.08. The van der Waals surface area contributed by atoms with Crippen molar-refractivity contribution in [3.05, 3.63) is 64.5 Å². The van der Waals surface area contributed by atoms with Crippen molar-refractivity contribution in [2.75, 3.05) is 0 Å². The molecule has 2 nitrogen and oxygen atoms in total. The maximum absolute atomic E-state index is 13.8. The molecule has 0 unspecified atom stereocenters. The molecule has 0 aliphatic rings. The molecule has 0 fully saturated rings. The SMILES string of the molecule is Cc1cc(C)cc(COc2ccc([C@H](C)O)cc2F)c1. The van der Waals surface area contributed by atoms with E-state index in [0.29, 0.717) is 12.2 Å². The number of halogens is 1. The molecule has 0 radical (unpaired) electrons. The second-order valence-corrected chi connectivity index (χ2v) is 5.15. The molecule has 0 spiro atoms. The van der Waals surface area contributed by atoms with Gasteiger partial charge in [0.2, 0.25) is 0 Å². The fourth-order valence-corrected chi connectivity index (χ4v) is 2.21. The van der Waals surface area contributed by atoms with Crippen LogP contribution in [0.25, 0.3) is 0 Å². The molecular weight excluding hydrogens is 255 g/mol. The molecule has 2 aromatic rings. The Labute approximate surface area is 118 Å². The molecule has 0 aromatic heterocycles. The summed E-state index contributed by atoms with van der Waals surface area (Å²) in [7, 11) is 0. The lowest BCUT2D eigenvalue weighted by Gasteiger charge is -2.11. The number of ether oxygens (including phenoxy) is 1. The van der Waals surface area contributed by atoms with Crippen LogP contribution in [-0.4, -0.2) is 5.11 Å². The first-order valence-electron chi connectivity index (χ1n) is 6.63. The second kappa shape index (κ2) is 6.06. The molecule has 0 aliphatic carbocycles. The fourth-order valence-electron chi connectivity index (χ4n) is 2.21. The first-order chi connectivity index (χ1) is 9.45. The average Bonchev–Trinajstić information content (AvgIpc) is 2.36. The Morgan fingerprint density at radius 2 is 1.75 bits per heavy atom. The molecule has 0 saturated heterocycles. The van der Waals surface area contributed by atoms with E-state index in [4.69, 9.17) is 4.74 Å². The van der Waals surface area contributed by atoms with Crippen molar-refractivity contribution in [3.63, 3.8) is 0 Å². The lowest BCUT2D eigenvalue weighted by Crippen LogP contribution is -2.00. The Hall–Kier alpha value is -1.87. The van der Waals surface area contributed by atoms with Crippen molar-refractivity contribution in [1.82, 2.24) is 0 Å². The molecule has 1 atom stereocenters. The maximum Gasteiger partial charge on any atom is 0.165 e. The Morgan fingerprint density at radius 3 is 2.30 bits per heavy atom. The summed E-state index contributed by atoms with van der Waals surface area (Å²) in [6.07, 6.45) is -0.682. The van der Waals surface area contributed by atoms with Gasteiger partial charge in [0.05, 0.1) is 6.10 Å². The normalized spacial score (nSPS) is 12.2. The third-order valence-corrected chi connectivity index (χ3v) is 3.11. The highest BCUT2D eigenvalue weighted by molar-refractivity contribution is 5.32. The zero-order valence-corrected chi connectivity index (χ0v) is 12.0. The van der Waals surface area contributed by atoms with Gasteiger partial charge in [-0.25, -0.2) is 4.39 Å². The van der Waals surface area contributed by atoms with Crippen LogP contribution in [0.3, 0.4) is 0 Å². The highest BCUT2D eigenvalue weighted by Crippen LogP contribution is 2.23. The lowest BCUT2D eigenvalue weighted by atomic mass is 10.1. The van der Waals surface area contributed by atoms with Crippen molar-refractivity contribution in [3.8, 4) is 5.75 Å². The molecule has 0 bridgehead atoms. The van der Waals surface area contributed by atoms with Gasteiger partial charge in [-0.3, -0.25) is 0 Å². The summed E-state index contributed by atoms with van der Waals surface area (Å²) >= 11 is 0. The van der Waals surface area contributed by atoms with Crippen LogP contribution in [0.4, 0.5) is 4.39 Å². The van der Waals surface area contributed by atoms with E-state index in [1.807, 2.05) is 26.0 Å². The van der Waals surface area contributed by atoms with Gasteiger partial charge in [0.15, 0.2) is 11.6 Å². The van der Waals surface area contributed by atoms with Gasteiger partial charge < -0.3 is 9.84 Å². The Kier molecular flexibility index (Phi) is 4.40. The van der Waals surface area contributed by atoms with E-state index < -0.39 is 11.9 Å². The van der Waals surface area contributed by atoms with Gasteiger partial charge >= 0.3 is 0 Å². The van der Waals surface area contributed by atoms with Crippen LogP contribution in [0.2, 0.25) is 0 Å². The van der Waals surface area contributed by atoms with Crippen molar-refractivity contribution >= 4 is 0 Å². The molecule has 106 valence electrons. The standard InChI is InChI=1S/C17H19FO2/c1-11-6-12(2)8-14(7-11)10-20-17-5-4-15(13(3)19)9-16(17)18/h4-9,13,19H,10H2,1-3H3/t13-/m0/s1. The molecule has 0 aliphatic heterocycles. The topological polar surface area (TPSA) is 29.5 Å². The monoisotopic (exact) mass is 274 g/mol. The molecule has 3 heteroatoms. The molecule has 1 N–H and O–H groups in total. The summed E-state index contributed by atoms with van der Waals surface area (Å²) in [5.74, 6) is -0.249. The van der Waals surface area contributed by atoms with E-state index in [2.05, 4.69) is 6.07 Å². The van der Waals surface area contributed by atoms with E-state index in [1.54, 1.807) is 19.1 Å². The Balaban J connectivity index is 2.11. The number of hydrogen-bond donors (Lipinski definition) is 1. The van der Waals surface area contributed by atoms with Crippen molar-refractivity contribution in [2.45, 2.75) is 33.5 Å². The van der Waals surface area contributed by atoms with Gasteiger partial charge in [-0.1, -0.05) is 35.4 Å². The smallest absolute Gasteiger partial charge is 0.165 e. The molecule has 0 amide bonds. The number of aliphatic hydroxyl groups excluding tert-OH is 1. The quantitative estimate of drug-likeness (QED) is 0.910. The number of hydrogen-bond acceptors (Lipinski definition) is 2. The van der Waals surface area contributed by atoms with Gasteiger partial charge in [0.25, 0.3) is 0 Å². The number of aryl methyl sites for hydroxylation is 2. The predicted molar refractivity (Wildman–Crippen MR) is 77.3 cm³/mol. The first kappa shape index (κ1) is 14.5. The van der Waals surface area contributed by atoms with Gasteiger partial charge in [-0.05, 0) is 44.0 Å². The number of rotatable bonds is 4. The fraction of sp³-hybridized carbons (Fsp3) is 0.294. The largest absolute Gasteiger partial charge is 0.486 e. The van der Waals surface area contributed by atoms with Crippen LogP contribution in [0.1, 0.15) is 35.3 Å². The van der Waals surface area contributed by atoms with Crippen LogP contribution >= 0.6 is 0 Å². The van der Waals surface area contributed by atoms with Crippen LogP contribution in [-0.2, 0) is 6.61 Å². The summed E-state index contributed by atoms with van der Waals surface area (Å²) in [5.41, 5.74) is 3.88. The van der Waals surface area contributed by atoms with E-state index >= 15 is 0 Å². The molecule has 0 saturated carbocycles. The lowest BCUT2D eigenvalue weighted by molar-refractivity contribution is 0.198. The minimum atomic E-state index is -0.682. The van der Waals surface area contributed by atoms with Crippen LogP contribution < -0.4 is 4.74 Å². The number of aliphatic hydroxyl groups is 1. The van der Waals surface area contributed by atoms with Crippen molar-refractivity contribution in [1.29, 1.82) is 0 Å². The van der Waals surface area contributed by atoms with Crippen LogP contribution in [0, 0.1) is 19.7 Å². The van der Waals surface area contributed by atoms with Gasteiger partial charge in [0, 0.05) is 0 Å². The first-order valence-corrected chi connectivity index (χ1v) is 6.63. The van der Waals surface area contributed by atoms with Crippen molar-refractivity contribution in [2.24, 2.45) is 0 Å². The van der Waals surface area contributed by atoms with Gasteiger partial charge in [-0.15, -0.1) is 0 Å². The third-order valence-electron chi connectivity index (χ3n) is 3.11. The van der Waals surface area contributed by atoms with Crippen LogP contribution in [0.5, 0.6) is 5.75 Å². The Bertz CT molecular complexity index is 586. The van der Waals surface area contributed by atoms with E-state index in [0.717, 1.165) is 16.7 Å². The summed E-state index contributed by atoms with van der Waals surface area (Å²) in [6.45, 7) is 5.97. The van der Waals surface area contributed by atoms with Crippen LogP contribution in [0.15, 0.2) is 36.4 Å². The summed E-state index contributed by atoms with van der Waals surface area (Å²) in [6, 6.07) is 10.7. The minimum absolute atomic E-state index is 0.202. The average molecular weight is 274 g/mol. The molecule has 2 aromatic carbocycles. The zero-order valence-electron chi connectivity index (χ0n) is 12.0. The molecule has 2 rings (SSSR count). The Morgan fingerprint density at radius 1 is 1.10 bits per heavy atom. The van der Waals surface area contributed by atoms with Gasteiger partial charge in [-0.2, -0.15) is 0 Å². The van der Waals surface area contributed by atoms with Gasteiger partial charge in [0.1, 0.15) is 6.61 Å². The summed E-state index contributed by atoms with van der Waals surface area (Å²) in [4.78, 5) is 0. The third kappa shape index (κ3) is 3.58. The highest BCUT2D eigenvalue weighted by atomic mass is 19.1. The molecular formula is C17H19FO2. The molecule has 0 heterocycles. The van der Waals surface area contributed by atoms with E-state index in [9.17, 15) is 9.50 Å². The zero-order chi connectivity index (χ0) is 14.7. The molecule has 20 heavy (non-hydrogen) atoms.